The van der Waals surface area contributed by atoms with Crippen molar-refractivity contribution in [3.63, 3.8) is 0 Å². The number of hydrogen-bond donors (Lipinski definition) is 3. The number of urea groups is 1. The summed E-state index contributed by atoms with van der Waals surface area (Å²) in [6.07, 6.45) is 2.65. The smallest absolute Gasteiger partial charge is 0.319 e. The van der Waals surface area contributed by atoms with Crippen LogP contribution in [0.2, 0.25) is 0 Å². The van der Waals surface area contributed by atoms with E-state index in [1.165, 1.54) is 12.8 Å². The van der Waals surface area contributed by atoms with Crippen LogP contribution in [0.4, 0.5) is 10.5 Å². The topological polar surface area (TPSA) is 73.5 Å². The predicted molar refractivity (Wildman–Crippen MR) is 137 cm³/mol. The van der Waals surface area contributed by atoms with Crippen molar-refractivity contribution < 1.29 is 9.59 Å². The van der Waals surface area contributed by atoms with E-state index in [4.69, 9.17) is 0 Å². The van der Waals surface area contributed by atoms with Crippen molar-refractivity contribution in [3.05, 3.63) is 90.5 Å². The molecule has 3 amide bonds. The van der Waals surface area contributed by atoms with E-state index in [2.05, 4.69) is 33.0 Å². The quantitative estimate of drug-likeness (QED) is 0.432. The highest BCUT2D eigenvalue weighted by Gasteiger charge is 2.19. The summed E-state index contributed by atoms with van der Waals surface area (Å²) in [5.74, 6) is -0.0689. The first-order valence-corrected chi connectivity index (χ1v) is 11.9. The molecule has 1 heterocycles. The van der Waals surface area contributed by atoms with E-state index < -0.39 is 6.04 Å². The first-order valence-electron chi connectivity index (χ1n) is 11.9. The van der Waals surface area contributed by atoms with Crippen LogP contribution in [0.3, 0.4) is 0 Å². The normalized spacial score (nSPS) is 14.4. The lowest BCUT2D eigenvalue weighted by Crippen LogP contribution is -2.38. The highest BCUT2D eigenvalue weighted by molar-refractivity contribution is 5.90. The van der Waals surface area contributed by atoms with E-state index in [-0.39, 0.29) is 18.4 Å². The number of rotatable bonds is 9. The number of nitrogens with one attached hydrogen (secondary N) is 3. The van der Waals surface area contributed by atoms with Gasteiger partial charge >= 0.3 is 6.03 Å². The second-order valence-electron chi connectivity index (χ2n) is 8.61. The van der Waals surface area contributed by atoms with Gasteiger partial charge in [-0.05, 0) is 54.8 Å². The molecular weight excluding hydrogens is 424 g/mol. The van der Waals surface area contributed by atoms with E-state index in [9.17, 15) is 9.59 Å². The third kappa shape index (κ3) is 6.93. The molecule has 0 radical (unpaired) electrons. The Hall–Kier alpha value is -3.64. The van der Waals surface area contributed by atoms with E-state index in [1.807, 2.05) is 72.8 Å². The molecule has 3 aromatic carbocycles. The molecule has 0 saturated carbocycles. The zero-order valence-corrected chi connectivity index (χ0v) is 19.4. The van der Waals surface area contributed by atoms with Crippen molar-refractivity contribution in [2.75, 3.05) is 31.5 Å². The van der Waals surface area contributed by atoms with Gasteiger partial charge in [-0.2, -0.15) is 0 Å². The summed E-state index contributed by atoms with van der Waals surface area (Å²) in [5, 5.41) is 8.86. The zero-order valence-electron chi connectivity index (χ0n) is 19.4. The summed E-state index contributed by atoms with van der Waals surface area (Å²) in [4.78, 5) is 27.7. The number of hydrogen-bond acceptors (Lipinski definition) is 3. The Kier molecular flexibility index (Phi) is 8.30. The molecule has 3 N–H and O–H groups in total. The number of likely N-dealkylation sites (tertiary alicyclic amines) is 1. The number of carbonyl (C=O) groups is 2. The highest BCUT2D eigenvalue weighted by atomic mass is 16.2. The third-order valence-corrected chi connectivity index (χ3v) is 6.10. The van der Waals surface area contributed by atoms with Crippen LogP contribution in [0.1, 0.15) is 30.9 Å². The van der Waals surface area contributed by atoms with Crippen LogP contribution in [-0.2, 0) is 4.79 Å². The Morgan fingerprint density at radius 2 is 1.41 bits per heavy atom. The van der Waals surface area contributed by atoms with Gasteiger partial charge in [-0.15, -0.1) is 0 Å². The van der Waals surface area contributed by atoms with Crippen molar-refractivity contribution in [1.29, 1.82) is 0 Å². The largest absolute Gasteiger partial charge is 0.355 e. The van der Waals surface area contributed by atoms with Crippen LogP contribution in [0.5, 0.6) is 0 Å². The summed E-state index contributed by atoms with van der Waals surface area (Å²) in [6.45, 7) is 3.71. The number of carbonyl (C=O) groups excluding carboxylic acids is 2. The van der Waals surface area contributed by atoms with Crippen LogP contribution >= 0.6 is 0 Å². The van der Waals surface area contributed by atoms with Gasteiger partial charge in [-0.1, -0.05) is 72.8 Å². The van der Waals surface area contributed by atoms with Gasteiger partial charge in [0, 0.05) is 18.8 Å². The Bertz CT molecular complexity index is 1050. The molecule has 1 atom stereocenters. The summed E-state index contributed by atoms with van der Waals surface area (Å²) >= 11 is 0. The molecule has 0 bridgehead atoms. The maximum absolute atomic E-state index is 12.8. The maximum atomic E-state index is 12.8. The Morgan fingerprint density at radius 1 is 0.794 bits per heavy atom. The Labute approximate surface area is 201 Å². The van der Waals surface area contributed by atoms with Gasteiger partial charge in [-0.3, -0.25) is 4.79 Å². The fraction of sp³-hybridized carbons (Fsp3) is 0.286. The highest BCUT2D eigenvalue weighted by Crippen LogP contribution is 2.21. The van der Waals surface area contributed by atoms with E-state index in [0.717, 1.165) is 36.3 Å². The summed E-state index contributed by atoms with van der Waals surface area (Å²) in [5.41, 5.74) is 3.79. The van der Waals surface area contributed by atoms with Crippen LogP contribution in [0, 0.1) is 0 Å². The summed E-state index contributed by atoms with van der Waals surface area (Å²) < 4.78 is 0. The first kappa shape index (κ1) is 23.5. The molecule has 1 fully saturated rings. The lowest BCUT2D eigenvalue weighted by atomic mass is 10.0. The number of amides is 3. The summed E-state index contributed by atoms with van der Waals surface area (Å²) in [7, 11) is 0. The van der Waals surface area contributed by atoms with Crippen LogP contribution in [-0.4, -0.2) is 43.0 Å². The molecule has 0 spiro atoms. The van der Waals surface area contributed by atoms with E-state index >= 15 is 0 Å². The van der Waals surface area contributed by atoms with Crippen molar-refractivity contribution in [3.8, 4) is 11.1 Å². The second kappa shape index (κ2) is 12.0. The van der Waals surface area contributed by atoms with Crippen LogP contribution < -0.4 is 16.0 Å². The molecule has 6 heteroatoms. The van der Waals surface area contributed by atoms with Gasteiger partial charge < -0.3 is 20.9 Å². The predicted octanol–water partition coefficient (Wildman–Crippen LogP) is 4.82. The molecule has 0 unspecified atom stereocenters. The van der Waals surface area contributed by atoms with Gasteiger partial charge in [0.2, 0.25) is 5.91 Å². The minimum atomic E-state index is -0.420. The SMILES string of the molecule is O=C(C[C@@H](NC(=O)Nc1ccc(-c2ccccc2)cc1)c1ccccc1)NCCN1CCCC1. The molecule has 1 aliphatic rings. The van der Waals surface area contributed by atoms with Crippen molar-refractivity contribution in [2.24, 2.45) is 0 Å². The minimum Gasteiger partial charge on any atom is -0.355 e. The number of benzene rings is 3. The zero-order chi connectivity index (χ0) is 23.6. The molecule has 3 aromatic rings. The fourth-order valence-corrected chi connectivity index (χ4v) is 4.26. The second-order valence-corrected chi connectivity index (χ2v) is 8.61. The van der Waals surface area contributed by atoms with Crippen molar-refractivity contribution in [2.45, 2.75) is 25.3 Å². The molecule has 34 heavy (non-hydrogen) atoms. The molecular formula is C28H32N4O2. The average molecular weight is 457 g/mol. The monoisotopic (exact) mass is 456 g/mol. The van der Waals surface area contributed by atoms with Gasteiger partial charge in [-0.25, -0.2) is 4.79 Å². The molecule has 4 rings (SSSR count). The lowest BCUT2D eigenvalue weighted by Gasteiger charge is -2.20. The van der Waals surface area contributed by atoms with E-state index in [1.54, 1.807) is 0 Å². The minimum absolute atomic E-state index is 0.0689. The standard InChI is InChI=1S/C28H32N4O2/c33-27(29-17-20-32-18-7-8-19-32)21-26(24-11-5-2-6-12-24)31-28(34)30-25-15-13-23(14-16-25)22-9-3-1-4-10-22/h1-6,9-16,26H,7-8,17-21H2,(H,29,33)(H2,30,31,34)/t26-/m1/s1. The number of anilines is 1. The molecule has 0 aromatic heterocycles. The molecule has 176 valence electrons. The van der Waals surface area contributed by atoms with Crippen molar-refractivity contribution >= 4 is 17.6 Å². The fourth-order valence-electron chi connectivity index (χ4n) is 4.26. The van der Waals surface area contributed by atoms with Crippen LogP contribution in [0.15, 0.2) is 84.9 Å². The summed E-state index contributed by atoms with van der Waals surface area (Å²) in [6, 6.07) is 26.7. The third-order valence-electron chi connectivity index (χ3n) is 6.10. The lowest BCUT2D eigenvalue weighted by molar-refractivity contribution is -0.121. The molecule has 0 aliphatic carbocycles. The van der Waals surface area contributed by atoms with Gasteiger partial charge in [0.25, 0.3) is 0 Å². The van der Waals surface area contributed by atoms with Gasteiger partial charge in [0.05, 0.1) is 12.5 Å². The Balaban J connectivity index is 1.33. The van der Waals surface area contributed by atoms with Gasteiger partial charge in [0.1, 0.15) is 0 Å². The molecule has 6 nitrogen and oxygen atoms in total. The van der Waals surface area contributed by atoms with Gasteiger partial charge in [0.15, 0.2) is 0 Å². The van der Waals surface area contributed by atoms with Crippen molar-refractivity contribution in [1.82, 2.24) is 15.5 Å². The van der Waals surface area contributed by atoms with Crippen LogP contribution in [0.25, 0.3) is 11.1 Å². The van der Waals surface area contributed by atoms with E-state index in [0.29, 0.717) is 12.2 Å². The Morgan fingerprint density at radius 3 is 2.09 bits per heavy atom. The molecule has 1 saturated heterocycles. The maximum Gasteiger partial charge on any atom is 0.319 e. The number of nitrogens with zero attached hydrogens (tertiary/aromatic N) is 1. The molecule has 1 aliphatic heterocycles. The first-order chi connectivity index (χ1) is 16.7. The average Bonchev–Trinajstić information content (AvgIpc) is 3.39.